The Morgan fingerprint density at radius 1 is 1.43 bits per heavy atom. The number of methoxy groups -OCH3 is 1. The minimum absolute atomic E-state index is 0.288. The fourth-order valence-electron chi connectivity index (χ4n) is 3.52. The van der Waals surface area contributed by atoms with Crippen LogP contribution in [0.25, 0.3) is 0 Å². The zero-order valence-corrected chi connectivity index (χ0v) is 13.7. The molecule has 0 aromatic heterocycles. The third kappa shape index (κ3) is 3.20. The average Bonchev–Trinajstić information content (AvgIpc) is 2.54. The van der Waals surface area contributed by atoms with Gasteiger partial charge in [0.05, 0.1) is 18.2 Å². The van der Waals surface area contributed by atoms with Gasteiger partial charge in [-0.1, -0.05) is 31.0 Å². The van der Waals surface area contributed by atoms with Crippen molar-refractivity contribution in [3.63, 3.8) is 0 Å². The molecule has 1 aliphatic rings. The number of ether oxygens (including phenoxy) is 1. The molecule has 0 saturated heterocycles. The van der Waals surface area contributed by atoms with Gasteiger partial charge in [0, 0.05) is 17.5 Å². The van der Waals surface area contributed by atoms with E-state index in [0.717, 1.165) is 31.6 Å². The molecule has 0 bridgehead atoms. The van der Waals surface area contributed by atoms with Crippen molar-refractivity contribution >= 4 is 11.6 Å². The van der Waals surface area contributed by atoms with Crippen molar-refractivity contribution in [2.45, 2.75) is 45.1 Å². The number of halogens is 1. The highest BCUT2D eigenvalue weighted by Gasteiger charge is 2.42. The number of aliphatic hydroxyl groups excluding tert-OH is 1. The van der Waals surface area contributed by atoms with Crippen molar-refractivity contribution in [1.82, 2.24) is 0 Å². The van der Waals surface area contributed by atoms with E-state index in [4.69, 9.17) is 22.1 Å². The molecule has 4 heteroatoms. The van der Waals surface area contributed by atoms with E-state index in [1.54, 1.807) is 13.2 Å². The van der Waals surface area contributed by atoms with E-state index in [9.17, 15) is 5.11 Å². The van der Waals surface area contributed by atoms with E-state index in [1.165, 1.54) is 6.42 Å². The second kappa shape index (κ2) is 6.99. The van der Waals surface area contributed by atoms with Gasteiger partial charge in [0.1, 0.15) is 5.75 Å². The Morgan fingerprint density at radius 2 is 2.10 bits per heavy atom. The molecule has 3 N–H and O–H groups in total. The first-order valence-electron chi connectivity index (χ1n) is 7.78. The SMILES string of the molecule is CCC1CCC(CN)(C(O)c2c(Cl)cccc2OC)CC1. The maximum Gasteiger partial charge on any atom is 0.126 e. The number of rotatable bonds is 5. The second-order valence-corrected chi connectivity index (χ2v) is 6.58. The van der Waals surface area contributed by atoms with Crippen molar-refractivity contribution in [2.24, 2.45) is 17.1 Å². The molecule has 0 spiro atoms. The molecule has 118 valence electrons. The summed E-state index contributed by atoms with van der Waals surface area (Å²) < 4.78 is 5.38. The first-order chi connectivity index (χ1) is 10.1. The van der Waals surface area contributed by atoms with Gasteiger partial charge in [-0.15, -0.1) is 0 Å². The smallest absolute Gasteiger partial charge is 0.126 e. The van der Waals surface area contributed by atoms with Crippen LogP contribution in [0.4, 0.5) is 0 Å². The molecule has 1 saturated carbocycles. The molecule has 1 fully saturated rings. The predicted octanol–water partition coefficient (Wildman–Crippen LogP) is 3.93. The third-order valence-corrected chi connectivity index (χ3v) is 5.50. The van der Waals surface area contributed by atoms with Gasteiger partial charge in [0.25, 0.3) is 0 Å². The largest absolute Gasteiger partial charge is 0.496 e. The quantitative estimate of drug-likeness (QED) is 0.866. The Balaban J connectivity index is 2.31. The summed E-state index contributed by atoms with van der Waals surface area (Å²) in [4.78, 5) is 0. The van der Waals surface area contributed by atoms with Gasteiger partial charge in [-0.05, 0) is 43.7 Å². The van der Waals surface area contributed by atoms with E-state index >= 15 is 0 Å². The van der Waals surface area contributed by atoms with Gasteiger partial charge in [-0.2, -0.15) is 0 Å². The van der Waals surface area contributed by atoms with E-state index in [0.29, 0.717) is 22.9 Å². The molecular formula is C17H26ClNO2. The summed E-state index contributed by atoms with van der Waals surface area (Å²) in [6, 6.07) is 5.47. The average molecular weight is 312 g/mol. The topological polar surface area (TPSA) is 55.5 Å². The van der Waals surface area contributed by atoms with Crippen molar-refractivity contribution in [3.05, 3.63) is 28.8 Å². The lowest BCUT2D eigenvalue weighted by molar-refractivity contribution is -0.0115. The maximum atomic E-state index is 11.0. The molecule has 1 aromatic rings. The molecule has 1 aliphatic carbocycles. The number of hydrogen-bond donors (Lipinski definition) is 2. The fourth-order valence-corrected chi connectivity index (χ4v) is 3.79. The van der Waals surface area contributed by atoms with E-state index in [-0.39, 0.29) is 5.41 Å². The molecule has 2 rings (SSSR count). The van der Waals surface area contributed by atoms with Gasteiger partial charge < -0.3 is 15.6 Å². The van der Waals surface area contributed by atoms with Crippen molar-refractivity contribution in [2.75, 3.05) is 13.7 Å². The van der Waals surface area contributed by atoms with Crippen LogP contribution >= 0.6 is 11.6 Å². The molecule has 0 aliphatic heterocycles. The van der Waals surface area contributed by atoms with E-state index in [1.807, 2.05) is 12.1 Å². The third-order valence-electron chi connectivity index (χ3n) is 5.17. The van der Waals surface area contributed by atoms with Crippen LogP contribution in [0.15, 0.2) is 18.2 Å². The van der Waals surface area contributed by atoms with Gasteiger partial charge in [0.2, 0.25) is 0 Å². The summed E-state index contributed by atoms with van der Waals surface area (Å²) in [7, 11) is 1.60. The first kappa shape index (κ1) is 16.6. The number of nitrogens with two attached hydrogens (primary N) is 1. The van der Waals surface area contributed by atoms with Gasteiger partial charge >= 0.3 is 0 Å². The Hall–Kier alpha value is -0.770. The maximum absolute atomic E-state index is 11.0. The van der Waals surface area contributed by atoms with Crippen LogP contribution in [-0.2, 0) is 0 Å². The predicted molar refractivity (Wildman–Crippen MR) is 86.7 cm³/mol. The minimum atomic E-state index is -0.677. The molecule has 1 unspecified atom stereocenters. The van der Waals surface area contributed by atoms with Crippen LogP contribution in [-0.4, -0.2) is 18.8 Å². The summed E-state index contributed by atoms with van der Waals surface area (Å²) in [6.07, 6.45) is 4.65. The van der Waals surface area contributed by atoms with Crippen molar-refractivity contribution < 1.29 is 9.84 Å². The van der Waals surface area contributed by atoms with Gasteiger partial charge in [0.15, 0.2) is 0 Å². The molecule has 0 amide bonds. The number of hydrogen-bond acceptors (Lipinski definition) is 3. The van der Waals surface area contributed by atoms with Gasteiger partial charge in [-0.3, -0.25) is 0 Å². The summed E-state index contributed by atoms with van der Waals surface area (Å²) >= 11 is 6.32. The summed E-state index contributed by atoms with van der Waals surface area (Å²) in [5.41, 5.74) is 6.46. The number of aliphatic hydroxyl groups is 1. The highest BCUT2D eigenvalue weighted by atomic mass is 35.5. The molecule has 3 nitrogen and oxygen atoms in total. The first-order valence-corrected chi connectivity index (χ1v) is 8.16. The molecule has 0 radical (unpaired) electrons. The van der Waals surface area contributed by atoms with Crippen LogP contribution in [0.2, 0.25) is 5.02 Å². The Bertz CT molecular complexity index is 470. The minimum Gasteiger partial charge on any atom is -0.496 e. The lowest BCUT2D eigenvalue weighted by atomic mass is 9.65. The molecular weight excluding hydrogens is 286 g/mol. The van der Waals surface area contributed by atoms with E-state index in [2.05, 4.69) is 6.92 Å². The second-order valence-electron chi connectivity index (χ2n) is 6.18. The van der Waals surface area contributed by atoms with Crippen LogP contribution in [0, 0.1) is 11.3 Å². The Labute approximate surface area is 132 Å². The highest BCUT2D eigenvalue weighted by Crippen LogP contribution is 2.50. The summed E-state index contributed by atoms with van der Waals surface area (Å²) in [5, 5.41) is 11.6. The summed E-state index contributed by atoms with van der Waals surface area (Å²) in [6.45, 7) is 2.70. The standard InChI is InChI=1S/C17H26ClNO2/c1-3-12-7-9-17(11-19,10-8-12)16(20)15-13(18)5-4-6-14(15)21-2/h4-6,12,16,20H,3,7-11,19H2,1-2H3. The lowest BCUT2D eigenvalue weighted by Gasteiger charge is -2.43. The zero-order chi connectivity index (χ0) is 15.5. The lowest BCUT2D eigenvalue weighted by Crippen LogP contribution is -2.40. The molecule has 1 atom stereocenters. The fraction of sp³-hybridized carbons (Fsp3) is 0.647. The highest BCUT2D eigenvalue weighted by molar-refractivity contribution is 6.31. The van der Waals surface area contributed by atoms with E-state index < -0.39 is 6.10 Å². The number of benzene rings is 1. The monoisotopic (exact) mass is 311 g/mol. The Kier molecular flexibility index (Phi) is 5.53. The summed E-state index contributed by atoms with van der Waals surface area (Å²) in [5.74, 6) is 1.39. The Morgan fingerprint density at radius 3 is 2.62 bits per heavy atom. The van der Waals surface area contributed by atoms with Crippen LogP contribution in [0.1, 0.15) is 50.7 Å². The molecule has 1 aromatic carbocycles. The normalized spacial score (nSPS) is 27.4. The van der Waals surface area contributed by atoms with Crippen molar-refractivity contribution in [3.8, 4) is 5.75 Å². The molecule has 21 heavy (non-hydrogen) atoms. The van der Waals surface area contributed by atoms with Gasteiger partial charge in [-0.25, -0.2) is 0 Å². The molecule has 0 heterocycles. The zero-order valence-electron chi connectivity index (χ0n) is 12.9. The van der Waals surface area contributed by atoms with Crippen molar-refractivity contribution in [1.29, 1.82) is 0 Å². The van der Waals surface area contributed by atoms with Crippen LogP contribution in [0.3, 0.4) is 0 Å². The van der Waals surface area contributed by atoms with Crippen LogP contribution in [0.5, 0.6) is 5.75 Å². The van der Waals surface area contributed by atoms with Crippen LogP contribution < -0.4 is 10.5 Å².